The Bertz CT molecular complexity index is 743. The summed E-state index contributed by atoms with van der Waals surface area (Å²) in [5, 5.41) is 0. The van der Waals surface area contributed by atoms with Crippen LogP contribution in [0.4, 0.5) is 20.2 Å². The van der Waals surface area contributed by atoms with Crippen LogP contribution in [0.1, 0.15) is 101 Å². The molecule has 2 aromatic carbocycles. The first kappa shape index (κ1) is 29.7. The molecule has 1 aliphatic heterocycles. The third-order valence-electron chi connectivity index (χ3n) is 6.12. The Morgan fingerprint density at radius 2 is 0.879 bits per heavy atom. The van der Waals surface area contributed by atoms with Crippen LogP contribution in [0.25, 0.3) is 0 Å². The average molecular weight is 551 g/mol. The molecule has 0 saturated carbocycles. The van der Waals surface area contributed by atoms with Gasteiger partial charge in [-0.05, 0) is 52.9 Å². The number of rotatable bonds is 6. The molecule has 0 N–H and O–H groups in total. The second-order valence-corrected chi connectivity index (χ2v) is 9.77. The molecule has 1 aliphatic rings. The van der Waals surface area contributed by atoms with Crippen LogP contribution in [-0.2, 0) is 22.4 Å². The van der Waals surface area contributed by atoms with Gasteiger partial charge in [-0.15, -0.1) is 0 Å². The first-order chi connectivity index (χ1) is 15.1. The van der Waals surface area contributed by atoms with E-state index < -0.39 is 6.93 Å². The van der Waals surface area contributed by atoms with Gasteiger partial charge in [0.2, 0.25) is 0 Å². The molecule has 0 spiro atoms. The third-order valence-corrected chi connectivity index (χ3v) is 6.12. The van der Waals surface area contributed by atoms with Gasteiger partial charge < -0.3 is 18.6 Å². The van der Waals surface area contributed by atoms with Crippen LogP contribution in [0.5, 0.6) is 0 Å². The summed E-state index contributed by atoms with van der Waals surface area (Å²) in [5.41, 5.74) is 8.67. The maximum absolute atomic E-state index is 9.50. The Hall–Kier alpha value is -1.36. The molecule has 3 rings (SSSR count). The Kier molecular flexibility index (Phi) is 12.1. The molecular formula is C28H40AgF2N2-2. The van der Waals surface area contributed by atoms with E-state index >= 15 is 0 Å². The molecular weight excluding hydrogens is 510 g/mol. The molecule has 0 amide bonds. The van der Waals surface area contributed by atoms with Crippen LogP contribution in [0.2, 0.25) is 0 Å². The molecule has 1 fully saturated rings. The van der Waals surface area contributed by atoms with Crippen molar-refractivity contribution in [2.75, 3.05) is 22.9 Å². The molecule has 0 atom stereocenters. The van der Waals surface area contributed by atoms with Gasteiger partial charge in [-0.2, -0.15) is 6.67 Å². The Morgan fingerprint density at radius 3 is 1.09 bits per heavy atom. The van der Waals surface area contributed by atoms with Gasteiger partial charge in [0.05, 0.1) is 0 Å². The van der Waals surface area contributed by atoms with Crippen molar-refractivity contribution in [1.29, 1.82) is 0 Å². The Balaban J connectivity index is 0.00000129. The van der Waals surface area contributed by atoms with Crippen molar-refractivity contribution in [3.05, 3.63) is 72.2 Å². The van der Waals surface area contributed by atoms with Crippen LogP contribution in [0.3, 0.4) is 0 Å². The fourth-order valence-electron chi connectivity index (χ4n) is 4.53. The summed E-state index contributed by atoms with van der Waals surface area (Å²) in [6.45, 7) is 21.9. The van der Waals surface area contributed by atoms with Crippen molar-refractivity contribution in [3.8, 4) is 0 Å². The third kappa shape index (κ3) is 7.07. The largest absolute Gasteiger partial charge is 0.502 e. The summed E-state index contributed by atoms with van der Waals surface area (Å²) in [7, 11) is 0. The maximum Gasteiger partial charge on any atom is 0.0156 e. The first-order valence-electron chi connectivity index (χ1n) is 11.8. The first-order valence-corrected chi connectivity index (χ1v) is 11.8. The Morgan fingerprint density at radius 1 is 0.636 bits per heavy atom. The van der Waals surface area contributed by atoms with E-state index in [1.54, 1.807) is 0 Å². The van der Waals surface area contributed by atoms with E-state index in [4.69, 9.17) is 0 Å². The van der Waals surface area contributed by atoms with Crippen LogP contribution < -0.4 is 9.80 Å². The van der Waals surface area contributed by atoms with Crippen molar-refractivity contribution in [1.82, 2.24) is 0 Å². The van der Waals surface area contributed by atoms with E-state index in [1.165, 1.54) is 33.6 Å². The molecule has 2 aromatic rings. The van der Waals surface area contributed by atoms with Crippen molar-refractivity contribution < 1.29 is 31.2 Å². The van der Waals surface area contributed by atoms with Crippen molar-refractivity contribution >= 4 is 11.4 Å². The maximum atomic E-state index is 9.50. The quantitative estimate of drug-likeness (QED) is 0.262. The van der Waals surface area contributed by atoms with Crippen LogP contribution in [-0.4, -0.2) is 13.1 Å². The number of hydrogen-bond acceptors (Lipinski definition) is 2. The predicted octanol–water partition coefficient (Wildman–Crippen LogP) is 8.67. The number of nitrogens with zero attached hydrogens (tertiary/aromatic N) is 2. The van der Waals surface area contributed by atoms with Crippen LogP contribution in [0, 0.1) is 13.6 Å². The molecule has 0 bridgehead atoms. The normalized spacial score (nSPS) is 13.6. The smallest absolute Gasteiger partial charge is 0.0156 e. The minimum Gasteiger partial charge on any atom is -0.502 e. The Labute approximate surface area is 216 Å². The number of halogens is 2. The predicted molar refractivity (Wildman–Crippen MR) is 135 cm³/mol. The number of hydrogen-bond donors (Lipinski definition) is 0. The van der Waals surface area contributed by atoms with Crippen LogP contribution in [0.15, 0.2) is 36.4 Å². The molecule has 1 saturated heterocycles. The van der Waals surface area contributed by atoms with E-state index in [2.05, 4.69) is 108 Å². The van der Waals surface area contributed by atoms with Crippen LogP contribution >= 0.6 is 0 Å². The summed E-state index contributed by atoms with van der Waals surface area (Å²) in [6.07, 6.45) is 0. The monoisotopic (exact) mass is 549 g/mol. The van der Waals surface area contributed by atoms with Gasteiger partial charge in [-0.3, -0.25) is 0 Å². The fourth-order valence-corrected chi connectivity index (χ4v) is 4.53. The van der Waals surface area contributed by atoms with E-state index in [-0.39, 0.29) is 22.4 Å². The van der Waals surface area contributed by atoms with Gasteiger partial charge in [0.15, 0.2) is 0 Å². The summed E-state index contributed by atoms with van der Waals surface area (Å²) in [6, 6.07) is 13.7. The van der Waals surface area contributed by atoms with E-state index in [9.17, 15) is 8.78 Å². The molecule has 0 unspecified atom stereocenters. The molecule has 1 radical (unpaired) electrons. The van der Waals surface area contributed by atoms with Gasteiger partial charge in [0.25, 0.3) is 0 Å². The van der Waals surface area contributed by atoms with E-state index in [0.29, 0.717) is 23.7 Å². The minimum atomic E-state index is -1.00. The second-order valence-electron chi connectivity index (χ2n) is 9.77. The minimum absolute atomic E-state index is 0. The number of para-hydroxylation sites is 2. The molecule has 5 heteroatoms. The van der Waals surface area contributed by atoms with Crippen molar-refractivity contribution in [2.24, 2.45) is 0 Å². The number of benzene rings is 2. The topological polar surface area (TPSA) is 6.48 Å². The van der Waals surface area contributed by atoms with Gasteiger partial charge in [0.1, 0.15) is 0 Å². The molecule has 189 valence electrons. The van der Waals surface area contributed by atoms with Crippen molar-refractivity contribution in [3.63, 3.8) is 0 Å². The van der Waals surface area contributed by atoms with Gasteiger partial charge in [-0.1, -0.05) is 91.8 Å². The van der Waals surface area contributed by atoms with Crippen molar-refractivity contribution in [2.45, 2.75) is 79.1 Å². The molecule has 33 heavy (non-hydrogen) atoms. The summed E-state index contributed by atoms with van der Waals surface area (Å²) >= 11 is 0. The zero-order chi connectivity index (χ0) is 24.0. The van der Waals surface area contributed by atoms with Gasteiger partial charge in [-0.25, -0.2) is 0 Å². The molecule has 0 aromatic heterocycles. The molecule has 1 heterocycles. The zero-order valence-corrected chi connectivity index (χ0v) is 22.8. The second kappa shape index (κ2) is 13.5. The zero-order valence-electron chi connectivity index (χ0n) is 21.3. The standard InChI is InChI=1S/C27H39N2.CHF2.Ag/c1-18(2)22-11-9-12-23(19(3)4)26(22)28-15-16-29(17-28)27-24(20(5)6)13-10-14-25(27)21(7)8;2-1-3;/h9-14,17-21H,15-16H2,1-8H3;1H;/q2*-1;. The van der Waals surface area contributed by atoms with E-state index in [1.807, 2.05) is 0 Å². The van der Waals surface area contributed by atoms with Gasteiger partial charge >= 0.3 is 0 Å². The van der Waals surface area contributed by atoms with Gasteiger partial charge in [0, 0.05) is 46.8 Å². The number of anilines is 2. The summed E-state index contributed by atoms with van der Waals surface area (Å²) in [4.78, 5) is 5.01. The molecule has 0 aliphatic carbocycles. The summed E-state index contributed by atoms with van der Waals surface area (Å²) in [5.74, 6) is 2.06. The van der Waals surface area contributed by atoms with E-state index in [0.717, 1.165) is 13.1 Å². The molecule has 2 nitrogen and oxygen atoms in total. The fraction of sp³-hybridized carbons (Fsp3) is 0.500. The SMILES string of the molecule is CC(C)c1cccc(C(C)C)c1N1[CH-]N(c2c(C(C)C)cccc2C(C)C)CC1.F[CH-]F.[Ag]. The summed E-state index contributed by atoms with van der Waals surface area (Å²) < 4.78 is 19.0. The average Bonchev–Trinajstić information content (AvgIpc) is 3.22.